The van der Waals surface area contributed by atoms with E-state index >= 15 is 0 Å². The third kappa shape index (κ3) is 24.9. The minimum absolute atomic E-state index is 0.0399. The number of aliphatic carboxylic acids is 1. The van der Waals surface area contributed by atoms with Crippen LogP contribution >= 0.6 is 0 Å². The summed E-state index contributed by atoms with van der Waals surface area (Å²) in [6.45, 7) is 2.27. The molecular weight excluding hydrogens is 658 g/mol. The van der Waals surface area contributed by atoms with Crippen molar-refractivity contribution in [1.82, 2.24) is 16.0 Å². The highest BCUT2D eigenvalue weighted by Crippen LogP contribution is 2.14. The van der Waals surface area contributed by atoms with Crippen molar-refractivity contribution in [2.45, 2.75) is 70.3 Å². The fourth-order valence-electron chi connectivity index (χ4n) is 4.34. The summed E-state index contributed by atoms with van der Waals surface area (Å²) < 4.78 is 26.3. The van der Waals surface area contributed by atoms with Gasteiger partial charge in [0.1, 0.15) is 25.0 Å². The molecular formula is C34H52N3O13. The van der Waals surface area contributed by atoms with E-state index in [0.29, 0.717) is 38.5 Å². The van der Waals surface area contributed by atoms with Crippen LogP contribution in [-0.2, 0) is 42.9 Å². The van der Waals surface area contributed by atoms with E-state index in [0.717, 1.165) is 38.5 Å². The van der Waals surface area contributed by atoms with Crippen molar-refractivity contribution in [2.24, 2.45) is 0 Å². The van der Waals surface area contributed by atoms with Gasteiger partial charge in [0, 0.05) is 25.9 Å². The first-order valence-electron chi connectivity index (χ1n) is 16.9. The average molecular weight is 711 g/mol. The maximum absolute atomic E-state index is 12.3. The Bertz CT molecular complexity index is 1120. The van der Waals surface area contributed by atoms with E-state index in [1.165, 1.54) is 12.1 Å². The van der Waals surface area contributed by atoms with Gasteiger partial charge in [0.05, 0.1) is 51.8 Å². The van der Waals surface area contributed by atoms with Gasteiger partial charge in [-0.3, -0.25) is 19.2 Å². The van der Waals surface area contributed by atoms with Crippen LogP contribution < -0.4 is 20.7 Å². The number of amides is 3. The number of hydrogen-bond donors (Lipinski definition) is 5. The van der Waals surface area contributed by atoms with Crippen LogP contribution in [0.25, 0.3) is 0 Å². The van der Waals surface area contributed by atoms with Gasteiger partial charge < -0.3 is 49.8 Å². The Hall–Kier alpha value is -4.12. The number of carbonyl (C=O) groups excluding carboxylic acids is 4. The molecule has 1 aromatic carbocycles. The SMILES string of the molecule is O=[C]COCCOCCNC(=O)COCCOCCNC(=O)CC[C@H](NC(=O)CCCCCCCCCOc1ccc(C(=O)O)cc1)C(=O)O. The summed E-state index contributed by atoms with van der Waals surface area (Å²) >= 11 is 0. The van der Waals surface area contributed by atoms with E-state index in [1.807, 2.05) is 0 Å². The molecule has 5 N–H and O–H groups in total. The summed E-state index contributed by atoms with van der Waals surface area (Å²) in [5.74, 6) is -2.57. The number of carboxylic acids is 2. The van der Waals surface area contributed by atoms with E-state index in [-0.39, 0.29) is 88.7 Å². The standard InChI is InChI=1S/C34H52N3O13/c38-17-21-48-23-22-46-20-16-36-32(41)26-49-25-24-47-19-15-35-30(39)14-13-29(34(44)45)37-31(40)8-6-4-2-1-3-5-7-18-50-28-11-9-27(10-12-28)33(42)43/h9-12,29H,1-8,13-16,18-26H2,(H,35,39)(H,36,41)(H,37,40)(H,42,43)(H,44,45)/t29-/m0/s1. The van der Waals surface area contributed by atoms with Gasteiger partial charge in [-0.1, -0.05) is 32.1 Å². The Labute approximate surface area is 292 Å². The van der Waals surface area contributed by atoms with Crippen molar-refractivity contribution < 1.29 is 62.7 Å². The van der Waals surface area contributed by atoms with Crippen LogP contribution in [0.2, 0.25) is 0 Å². The molecule has 281 valence electrons. The summed E-state index contributed by atoms with van der Waals surface area (Å²) in [6, 6.07) is 5.14. The van der Waals surface area contributed by atoms with Crippen molar-refractivity contribution in [3.05, 3.63) is 29.8 Å². The maximum Gasteiger partial charge on any atom is 0.335 e. The van der Waals surface area contributed by atoms with Crippen LogP contribution in [0.5, 0.6) is 5.75 Å². The first-order valence-corrected chi connectivity index (χ1v) is 16.9. The molecule has 0 aliphatic carbocycles. The molecule has 3 amide bonds. The molecule has 16 heteroatoms. The zero-order chi connectivity index (χ0) is 36.7. The average Bonchev–Trinajstić information content (AvgIpc) is 3.09. The minimum Gasteiger partial charge on any atom is -0.494 e. The van der Waals surface area contributed by atoms with Crippen molar-refractivity contribution in [1.29, 1.82) is 0 Å². The molecule has 0 saturated heterocycles. The summed E-state index contributed by atoms with van der Waals surface area (Å²) in [6.07, 6.45) is 8.06. The summed E-state index contributed by atoms with van der Waals surface area (Å²) in [5.41, 5.74) is 0.217. The van der Waals surface area contributed by atoms with Gasteiger partial charge in [0.2, 0.25) is 24.0 Å². The van der Waals surface area contributed by atoms with E-state index in [1.54, 1.807) is 18.4 Å². The normalized spacial score (nSPS) is 11.4. The van der Waals surface area contributed by atoms with Gasteiger partial charge in [-0.2, -0.15) is 0 Å². The molecule has 16 nitrogen and oxygen atoms in total. The predicted octanol–water partition coefficient (Wildman–Crippen LogP) is 1.64. The highest BCUT2D eigenvalue weighted by atomic mass is 16.5. The van der Waals surface area contributed by atoms with Crippen LogP contribution in [0.4, 0.5) is 0 Å². The third-order valence-electron chi connectivity index (χ3n) is 6.99. The predicted molar refractivity (Wildman–Crippen MR) is 180 cm³/mol. The number of carboxylic acid groups (broad SMARTS) is 2. The molecule has 0 heterocycles. The molecule has 0 aromatic heterocycles. The highest BCUT2D eigenvalue weighted by Gasteiger charge is 2.20. The molecule has 1 radical (unpaired) electrons. The summed E-state index contributed by atoms with van der Waals surface area (Å²) in [5, 5.41) is 26.1. The van der Waals surface area contributed by atoms with Crippen LogP contribution in [0.3, 0.4) is 0 Å². The first kappa shape index (κ1) is 43.9. The van der Waals surface area contributed by atoms with Crippen LogP contribution in [-0.4, -0.2) is 125 Å². The van der Waals surface area contributed by atoms with Crippen molar-refractivity contribution in [2.75, 3.05) is 72.6 Å². The fraction of sp³-hybridized carbons (Fsp3) is 0.647. The van der Waals surface area contributed by atoms with Gasteiger partial charge in [-0.05, 0) is 43.5 Å². The number of hydrogen-bond acceptors (Lipinski definition) is 11. The molecule has 1 rings (SSSR count). The third-order valence-corrected chi connectivity index (χ3v) is 6.99. The topological polar surface area (TPSA) is 225 Å². The van der Waals surface area contributed by atoms with Crippen molar-refractivity contribution in [3.8, 4) is 5.75 Å². The molecule has 1 atom stereocenters. The van der Waals surface area contributed by atoms with E-state index in [4.69, 9.17) is 28.8 Å². The van der Waals surface area contributed by atoms with E-state index in [9.17, 15) is 33.9 Å². The lowest BCUT2D eigenvalue weighted by Crippen LogP contribution is -2.41. The molecule has 0 saturated carbocycles. The quantitative estimate of drug-likeness (QED) is 0.0655. The van der Waals surface area contributed by atoms with Crippen molar-refractivity contribution in [3.63, 3.8) is 0 Å². The molecule has 0 aliphatic heterocycles. The molecule has 0 fully saturated rings. The number of ether oxygens (including phenoxy) is 5. The number of nitrogens with one attached hydrogen (secondary N) is 3. The maximum atomic E-state index is 12.3. The Balaban J connectivity index is 1.97. The van der Waals surface area contributed by atoms with Crippen LogP contribution in [0.1, 0.15) is 74.6 Å². The number of benzene rings is 1. The zero-order valence-corrected chi connectivity index (χ0v) is 28.6. The van der Waals surface area contributed by atoms with Gasteiger partial charge in [0.25, 0.3) is 0 Å². The number of aromatic carboxylic acids is 1. The second-order valence-corrected chi connectivity index (χ2v) is 11.1. The van der Waals surface area contributed by atoms with Crippen LogP contribution in [0.15, 0.2) is 24.3 Å². The van der Waals surface area contributed by atoms with Crippen LogP contribution in [0, 0.1) is 0 Å². The number of carbonyl (C=O) groups is 5. The van der Waals surface area contributed by atoms with Gasteiger partial charge in [0.15, 0.2) is 0 Å². The largest absolute Gasteiger partial charge is 0.494 e. The number of rotatable bonds is 33. The molecule has 0 spiro atoms. The lowest BCUT2D eigenvalue weighted by atomic mass is 10.1. The second kappa shape index (κ2) is 29.8. The Morgan fingerprint density at radius 2 is 1.22 bits per heavy atom. The molecule has 0 unspecified atom stereocenters. The fourth-order valence-corrected chi connectivity index (χ4v) is 4.34. The zero-order valence-electron chi connectivity index (χ0n) is 28.6. The van der Waals surface area contributed by atoms with Gasteiger partial charge in [-0.15, -0.1) is 0 Å². The molecule has 50 heavy (non-hydrogen) atoms. The summed E-state index contributed by atoms with van der Waals surface area (Å²) in [4.78, 5) is 68.5. The van der Waals surface area contributed by atoms with Gasteiger partial charge >= 0.3 is 11.9 Å². The monoisotopic (exact) mass is 710 g/mol. The Morgan fingerprint density at radius 3 is 1.84 bits per heavy atom. The Kier molecular flexibility index (Phi) is 26.1. The summed E-state index contributed by atoms with van der Waals surface area (Å²) in [7, 11) is 0. The smallest absolute Gasteiger partial charge is 0.335 e. The minimum atomic E-state index is -1.20. The Morgan fingerprint density at radius 1 is 0.640 bits per heavy atom. The van der Waals surface area contributed by atoms with E-state index in [2.05, 4.69) is 16.0 Å². The molecule has 0 bridgehead atoms. The highest BCUT2D eigenvalue weighted by molar-refractivity contribution is 5.87. The van der Waals surface area contributed by atoms with E-state index < -0.39 is 18.0 Å². The molecule has 0 aliphatic rings. The number of unbranched alkanes of at least 4 members (excludes halogenated alkanes) is 6. The van der Waals surface area contributed by atoms with Gasteiger partial charge in [-0.25, -0.2) is 9.59 Å². The van der Waals surface area contributed by atoms with Crippen molar-refractivity contribution >= 4 is 35.9 Å². The first-order chi connectivity index (χ1) is 24.2. The molecule has 1 aromatic rings. The second-order valence-electron chi connectivity index (χ2n) is 11.1. The lowest BCUT2D eigenvalue weighted by Gasteiger charge is -2.14. The lowest BCUT2D eigenvalue weighted by molar-refractivity contribution is -0.142.